The second-order valence-electron chi connectivity index (χ2n) is 7.04. The summed E-state index contributed by atoms with van der Waals surface area (Å²) < 4.78 is 1.85. The maximum Gasteiger partial charge on any atom is 0.247 e. The summed E-state index contributed by atoms with van der Waals surface area (Å²) in [5.74, 6) is -0.362. The lowest BCUT2D eigenvalue weighted by molar-refractivity contribution is -0.126. The van der Waals surface area contributed by atoms with E-state index in [1.165, 1.54) is 0 Å². The number of anilines is 1. The van der Waals surface area contributed by atoms with E-state index in [1.54, 1.807) is 0 Å². The number of hydrogen-bond acceptors (Lipinski definition) is 3. The van der Waals surface area contributed by atoms with Gasteiger partial charge in [-0.2, -0.15) is 5.10 Å². The molecule has 2 amide bonds. The quantitative estimate of drug-likeness (QED) is 0.737. The number of benzene rings is 2. The van der Waals surface area contributed by atoms with Crippen LogP contribution >= 0.6 is 0 Å². The molecule has 0 saturated carbocycles. The van der Waals surface area contributed by atoms with Crippen molar-refractivity contribution in [3.8, 4) is 5.69 Å². The van der Waals surface area contributed by atoms with E-state index in [2.05, 4.69) is 15.7 Å². The van der Waals surface area contributed by atoms with Gasteiger partial charge in [0.1, 0.15) is 6.04 Å². The number of rotatable bonds is 4. The predicted molar refractivity (Wildman–Crippen MR) is 107 cm³/mol. The molecule has 3 aromatic rings. The Hall–Kier alpha value is -3.41. The van der Waals surface area contributed by atoms with Gasteiger partial charge < -0.3 is 10.6 Å². The van der Waals surface area contributed by atoms with Crippen molar-refractivity contribution in [1.82, 2.24) is 15.1 Å². The topological polar surface area (TPSA) is 76.0 Å². The third-order valence-electron chi connectivity index (χ3n) is 5.13. The van der Waals surface area contributed by atoms with Crippen LogP contribution < -0.4 is 10.6 Å². The van der Waals surface area contributed by atoms with Crippen molar-refractivity contribution in [3.63, 3.8) is 0 Å². The predicted octanol–water partition coefficient (Wildman–Crippen LogP) is 2.71. The lowest BCUT2D eigenvalue weighted by Crippen LogP contribution is -2.48. The first-order valence-electron chi connectivity index (χ1n) is 9.31. The summed E-state index contributed by atoms with van der Waals surface area (Å²) in [6, 6.07) is 16.9. The molecule has 2 heterocycles. The molecule has 1 aliphatic rings. The van der Waals surface area contributed by atoms with Gasteiger partial charge in [-0.1, -0.05) is 36.4 Å². The highest BCUT2D eigenvalue weighted by Crippen LogP contribution is 2.22. The van der Waals surface area contributed by atoms with E-state index in [0.717, 1.165) is 33.9 Å². The first kappa shape index (κ1) is 18.0. The Morgan fingerprint density at radius 2 is 1.86 bits per heavy atom. The van der Waals surface area contributed by atoms with Crippen molar-refractivity contribution in [3.05, 3.63) is 77.1 Å². The van der Waals surface area contributed by atoms with Crippen LogP contribution in [0.3, 0.4) is 0 Å². The minimum Gasteiger partial charge on any atom is -0.344 e. The van der Waals surface area contributed by atoms with Crippen molar-refractivity contribution >= 4 is 17.5 Å². The van der Waals surface area contributed by atoms with Gasteiger partial charge in [-0.05, 0) is 37.6 Å². The van der Waals surface area contributed by atoms with Crippen molar-refractivity contribution in [2.75, 3.05) is 5.32 Å². The van der Waals surface area contributed by atoms with E-state index in [0.29, 0.717) is 6.42 Å². The van der Waals surface area contributed by atoms with Crippen LogP contribution in [0.1, 0.15) is 22.5 Å². The van der Waals surface area contributed by atoms with Gasteiger partial charge in [-0.25, -0.2) is 4.68 Å². The Labute approximate surface area is 163 Å². The molecule has 0 aliphatic carbocycles. The molecular formula is C22H22N4O2. The van der Waals surface area contributed by atoms with E-state index < -0.39 is 6.04 Å². The first-order chi connectivity index (χ1) is 13.5. The van der Waals surface area contributed by atoms with Gasteiger partial charge in [0.05, 0.1) is 17.8 Å². The normalized spacial score (nSPS) is 15.6. The largest absolute Gasteiger partial charge is 0.344 e. The number of hydrogen-bond donors (Lipinski definition) is 2. The molecule has 6 heteroatoms. The number of nitrogens with zero attached hydrogens (tertiary/aromatic N) is 2. The van der Waals surface area contributed by atoms with Crippen LogP contribution in [0.5, 0.6) is 0 Å². The van der Waals surface area contributed by atoms with Crippen LogP contribution in [0.25, 0.3) is 5.69 Å². The summed E-state index contributed by atoms with van der Waals surface area (Å²) in [7, 11) is 0. The summed E-state index contributed by atoms with van der Waals surface area (Å²) in [5, 5.41) is 10.3. The number of aryl methyl sites for hydroxylation is 1. The summed E-state index contributed by atoms with van der Waals surface area (Å²) in [6.45, 7) is 3.86. The minimum atomic E-state index is -0.563. The lowest BCUT2D eigenvalue weighted by Gasteiger charge is -2.25. The standard InChI is InChI=1S/C22H22N4O2/c1-14-18(15(2)26(25-14)17-9-4-3-5-10-17)13-21(27)23-20-12-16-8-6-7-11-19(16)24-22(20)28/h3-11,20H,12-13H2,1-2H3,(H,23,27)(H,24,28). The van der Waals surface area contributed by atoms with E-state index in [1.807, 2.05) is 73.1 Å². The molecule has 1 atom stereocenters. The number of para-hydroxylation sites is 2. The molecular weight excluding hydrogens is 352 g/mol. The van der Waals surface area contributed by atoms with Crippen LogP contribution in [0, 0.1) is 13.8 Å². The zero-order valence-electron chi connectivity index (χ0n) is 15.9. The van der Waals surface area contributed by atoms with Gasteiger partial charge in [0.15, 0.2) is 0 Å². The second-order valence-corrected chi connectivity index (χ2v) is 7.04. The van der Waals surface area contributed by atoms with E-state index >= 15 is 0 Å². The van der Waals surface area contributed by atoms with Crippen LogP contribution in [0.15, 0.2) is 54.6 Å². The molecule has 28 heavy (non-hydrogen) atoms. The highest BCUT2D eigenvalue weighted by atomic mass is 16.2. The average Bonchev–Trinajstić information content (AvgIpc) is 2.97. The number of carbonyl (C=O) groups is 2. The van der Waals surface area contributed by atoms with Gasteiger partial charge in [0.2, 0.25) is 11.8 Å². The zero-order valence-corrected chi connectivity index (χ0v) is 15.9. The van der Waals surface area contributed by atoms with Crippen LogP contribution in [0.2, 0.25) is 0 Å². The van der Waals surface area contributed by atoms with Gasteiger partial charge in [0.25, 0.3) is 0 Å². The van der Waals surface area contributed by atoms with Crippen LogP contribution in [0.4, 0.5) is 5.69 Å². The van der Waals surface area contributed by atoms with Gasteiger partial charge in [-0.3, -0.25) is 9.59 Å². The minimum absolute atomic E-state index is 0.180. The molecule has 2 aromatic carbocycles. The Morgan fingerprint density at radius 1 is 1.14 bits per heavy atom. The number of amides is 2. The Balaban J connectivity index is 1.49. The monoisotopic (exact) mass is 374 g/mol. The van der Waals surface area contributed by atoms with E-state index in [-0.39, 0.29) is 18.2 Å². The van der Waals surface area contributed by atoms with Crippen molar-refractivity contribution < 1.29 is 9.59 Å². The maximum absolute atomic E-state index is 12.7. The molecule has 0 bridgehead atoms. The molecule has 1 unspecified atom stereocenters. The van der Waals surface area contributed by atoms with Gasteiger partial charge >= 0.3 is 0 Å². The van der Waals surface area contributed by atoms with Gasteiger partial charge in [-0.15, -0.1) is 0 Å². The lowest BCUT2D eigenvalue weighted by atomic mass is 9.98. The summed E-state index contributed by atoms with van der Waals surface area (Å²) >= 11 is 0. The third kappa shape index (κ3) is 3.41. The van der Waals surface area contributed by atoms with Gasteiger partial charge in [0, 0.05) is 23.4 Å². The molecule has 142 valence electrons. The number of nitrogens with one attached hydrogen (secondary N) is 2. The Kier molecular flexibility index (Phi) is 4.69. The van der Waals surface area contributed by atoms with E-state index in [4.69, 9.17) is 0 Å². The molecule has 0 radical (unpaired) electrons. The zero-order chi connectivity index (χ0) is 19.7. The molecule has 0 saturated heterocycles. The Morgan fingerprint density at radius 3 is 2.64 bits per heavy atom. The summed E-state index contributed by atoms with van der Waals surface area (Å²) in [4.78, 5) is 25.0. The highest BCUT2D eigenvalue weighted by Gasteiger charge is 2.27. The summed E-state index contributed by atoms with van der Waals surface area (Å²) in [6.07, 6.45) is 0.685. The fourth-order valence-corrected chi connectivity index (χ4v) is 3.63. The van der Waals surface area contributed by atoms with Crippen molar-refractivity contribution in [2.24, 2.45) is 0 Å². The third-order valence-corrected chi connectivity index (χ3v) is 5.13. The SMILES string of the molecule is Cc1nn(-c2ccccc2)c(C)c1CC(=O)NC1Cc2ccccc2NC1=O. The maximum atomic E-state index is 12.7. The fraction of sp³-hybridized carbons (Fsp3) is 0.227. The molecule has 0 fully saturated rings. The Bertz CT molecular complexity index is 1040. The smallest absolute Gasteiger partial charge is 0.247 e. The molecule has 6 nitrogen and oxygen atoms in total. The number of fused-ring (bicyclic) bond motifs is 1. The number of carbonyl (C=O) groups excluding carboxylic acids is 2. The molecule has 2 N–H and O–H groups in total. The van der Waals surface area contributed by atoms with E-state index in [9.17, 15) is 9.59 Å². The fourth-order valence-electron chi connectivity index (χ4n) is 3.63. The second kappa shape index (κ2) is 7.31. The average molecular weight is 374 g/mol. The summed E-state index contributed by atoms with van der Waals surface area (Å²) in [5.41, 5.74) is 5.42. The molecule has 0 spiro atoms. The molecule has 1 aliphatic heterocycles. The van der Waals surface area contributed by atoms with Crippen LogP contribution in [-0.4, -0.2) is 27.6 Å². The first-order valence-corrected chi connectivity index (χ1v) is 9.31. The van der Waals surface area contributed by atoms with Crippen molar-refractivity contribution in [2.45, 2.75) is 32.7 Å². The molecule has 1 aromatic heterocycles. The van der Waals surface area contributed by atoms with Crippen LogP contribution in [-0.2, 0) is 22.4 Å². The number of aromatic nitrogens is 2. The highest BCUT2D eigenvalue weighted by molar-refractivity contribution is 6.00. The molecule has 4 rings (SSSR count). The van der Waals surface area contributed by atoms with Crippen molar-refractivity contribution in [1.29, 1.82) is 0 Å².